The highest BCUT2D eigenvalue weighted by Gasteiger charge is 2.07. The Morgan fingerprint density at radius 1 is 0.825 bits per heavy atom. The highest BCUT2D eigenvalue weighted by molar-refractivity contribution is 5.74. The van der Waals surface area contributed by atoms with E-state index in [0.29, 0.717) is 41.4 Å². The summed E-state index contributed by atoms with van der Waals surface area (Å²) in [5.74, 6) is 0.428. The molecule has 0 unspecified atom stereocenters. The van der Waals surface area contributed by atoms with E-state index >= 15 is 0 Å². The van der Waals surface area contributed by atoms with Crippen LogP contribution in [0, 0.1) is 23.0 Å². The predicted octanol–water partition coefficient (Wildman–Crippen LogP) is 9.80. The van der Waals surface area contributed by atoms with Crippen molar-refractivity contribution in [3.05, 3.63) is 120 Å². The normalized spacial score (nSPS) is 11.4. The van der Waals surface area contributed by atoms with Crippen LogP contribution in [-0.4, -0.2) is 13.2 Å². The summed E-state index contributed by atoms with van der Waals surface area (Å²) in [6, 6.07) is 20.2. The molecule has 0 spiro atoms. The van der Waals surface area contributed by atoms with Gasteiger partial charge in [-0.15, -0.1) is 0 Å². The number of ether oxygens (including phenoxy) is 2. The standard InChI is InChI=1S/C35H37F2NO2/c1-3-29(30-15-12-28(26-38)13-16-30)14-11-27(2)39-23-9-7-5-4-6-8-10-24-40-33-21-22-34(35(37)25-33)31-17-19-32(36)20-18-31/h3,11-22,25H,2,4-10,23-24H2,1H3/b14-11-,29-3+. The number of allylic oxidation sites excluding steroid dienone is 4. The molecule has 0 saturated carbocycles. The lowest BCUT2D eigenvalue weighted by atomic mass is 10.0. The monoisotopic (exact) mass is 541 g/mol. The van der Waals surface area contributed by atoms with Crippen LogP contribution in [0.5, 0.6) is 5.75 Å². The second-order valence-electron chi connectivity index (χ2n) is 9.55. The fraction of sp³-hybridized carbons (Fsp3) is 0.286. The first-order valence-corrected chi connectivity index (χ1v) is 13.8. The lowest BCUT2D eigenvalue weighted by Crippen LogP contribution is -1.98. The van der Waals surface area contributed by atoms with Crippen molar-refractivity contribution in [2.45, 2.75) is 51.9 Å². The molecule has 5 heteroatoms. The van der Waals surface area contributed by atoms with Crippen molar-refractivity contribution in [1.29, 1.82) is 5.26 Å². The number of rotatable bonds is 16. The van der Waals surface area contributed by atoms with Crippen molar-refractivity contribution < 1.29 is 18.3 Å². The van der Waals surface area contributed by atoms with E-state index in [4.69, 9.17) is 14.7 Å². The fourth-order valence-corrected chi connectivity index (χ4v) is 4.26. The van der Waals surface area contributed by atoms with E-state index in [1.165, 1.54) is 18.2 Å². The Hall–Kier alpha value is -4.17. The van der Waals surface area contributed by atoms with Gasteiger partial charge in [0.05, 0.1) is 24.8 Å². The molecule has 0 aliphatic rings. The molecule has 0 aliphatic carbocycles. The van der Waals surface area contributed by atoms with Gasteiger partial charge in [0.15, 0.2) is 0 Å². The SMILES string of the molecule is C=C(/C=C\C(=C/C)c1ccc(C#N)cc1)OCCCCCCCCCOc1ccc(-c2ccc(F)cc2)c(F)c1. The van der Waals surface area contributed by atoms with Crippen LogP contribution in [0.1, 0.15) is 63.0 Å². The fourth-order valence-electron chi connectivity index (χ4n) is 4.26. The zero-order chi connectivity index (χ0) is 28.6. The van der Waals surface area contributed by atoms with Crippen LogP contribution in [0.2, 0.25) is 0 Å². The van der Waals surface area contributed by atoms with E-state index in [1.807, 2.05) is 49.4 Å². The largest absolute Gasteiger partial charge is 0.494 e. The van der Waals surface area contributed by atoms with E-state index in [9.17, 15) is 8.78 Å². The molecule has 0 aliphatic heterocycles. The summed E-state index contributed by atoms with van der Waals surface area (Å²) in [6.45, 7) is 7.16. The summed E-state index contributed by atoms with van der Waals surface area (Å²) in [7, 11) is 0. The van der Waals surface area contributed by atoms with Crippen molar-refractivity contribution in [3.63, 3.8) is 0 Å². The molecule has 0 amide bonds. The maximum absolute atomic E-state index is 14.5. The van der Waals surface area contributed by atoms with Gasteiger partial charge in [-0.05, 0) is 78.9 Å². The molecular weight excluding hydrogens is 504 g/mol. The average Bonchev–Trinajstić information content (AvgIpc) is 2.97. The second-order valence-corrected chi connectivity index (χ2v) is 9.55. The Morgan fingerprint density at radius 3 is 2.10 bits per heavy atom. The van der Waals surface area contributed by atoms with Gasteiger partial charge in [-0.25, -0.2) is 8.78 Å². The Balaban J connectivity index is 1.21. The number of hydrogen-bond acceptors (Lipinski definition) is 3. The van der Waals surface area contributed by atoms with Crippen LogP contribution >= 0.6 is 0 Å². The molecule has 0 heterocycles. The molecule has 0 fully saturated rings. The smallest absolute Gasteiger partial charge is 0.134 e. The average molecular weight is 542 g/mol. The molecule has 40 heavy (non-hydrogen) atoms. The number of nitriles is 1. The third-order valence-electron chi connectivity index (χ3n) is 6.55. The van der Waals surface area contributed by atoms with Gasteiger partial charge in [0, 0.05) is 11.6 Å². The van der Waals surface area contributed by atoms with Crippen molar-refractivity contribution in [2.24, 2.45) is 0 Å². The van der Waals surface area contributed by atoms with Gasteiger partial charge < -0.3 is 9.47 Å². The third kappa shape index (κ3) is 10.2. The first kappa shape index (κ1) is 30.4. The molecule has 3 nitrogen and oxygen atoms in total. The molecule has 3 aromatic carbocycles. The molecule has 0 bridgehead atoms. The summed E-state index contributed by atoms with van der Waals surface area (Å²) in [6.07, 6.45) is 13.4. The first-order chi connectivity index (χ1) is 19.5. The Bertz CT molecular complexity index is 1320. The number of benzene rings is 3. The zero-order valence-corrected chi connectivity index (χ0v) is 23.2. The minimum absolute atomic E-state index is 0.343. The summed E-state index contributed by atoms with van der Waals surface area (Å²) < 4.78 is 39.0. The molecule has 0 saturated heterocycles. The van der Waals surface area contributed by atoms with Crippen molar-refractivity contribution in [1.82, 2.24) is 0 Å². The summed E-state index contributed by atoms with van der Waals surface area (Å²) in [5.41, 5.74) is 3.80. The third-order valence-corrected chi connectivity index (χ3v) is 6.55. The van der Waals surface area contributed by atoms with Crippen molar-refractivity contribution >= 4 is 5.57 Å². The lowest BCUT2D eigenvalue weighted by molar-refractivity contribution is 0.218. The predicted molar refractivity (Wildman–Crippen MR) is 159 cm³/mol. The summed E-state index contributed by atoms with van der Waals surface area (Å²) >= 11 is 0. The first-order valence-electron chi connectivity index (χ1n) is 13.8. The van der Waals surface area contributed by atoms with E-state index in [0.717, 1.165) is 56.1 Å². The molecule has 3 aromatic rings. The van der Waals surface area contributed by atoms with E-state index in [-0.39, 0.29) is 11.6 Å². The molecule has 208 valence electrons. The highest BCUT2D eigenvalue weighted by Crippen LogP contribution is 2.26. The van der Waals surface area contributed by atoms with E-state index in [1.54, 1.807) is 24.3 Å². The van der Waals surface area contributed by atoms with E-state index in [2.05, 4.69) is 12.6 Å². The lowest BCUT2D eigenvalue weighted by Gasteiger charge is -2.09. The van der Waals surface area contributed by atoms with Gasteiger partial charge in [0.2, 0.25) is 0 Å². The number of nitrogens with zero attached hydrogens (tertiary/aromatic N) is 1. The van der Waals surface area contributed by atoms with Crippen LogP contribution in [0.4, 0.5) is 8.78 Å². The molecular formula is C35H37F2NO2. The van der Waals surface area contributed by atoms with Gasteiger partial charge in [0.1, 0.15) is 23.1 Å². The quantitative estimate of drug-likeness (QED) is 0.103. The number of hydrogen-bond donors (Lipinski definition) is 0. The topological polar surface area (TPSA) is 42.2 Å². The molecule has 0 atom stereocenters. The summed E-state index contributed by atoms with van der Waals surface area (Å²) in [4.78, 5) is 0. The van der Waals surface area contributed by atoms with Gasteiger partial charge >= 0.3 is 0 Å². The molecule has 3 rings (SSSR count). The van der Waals surface area contributed by atoms with Gasteiger partial charge in [-0.2, -0.15) is 5.26 Å². The van der Waals surface area contributed by atoms with Crippen molar-refractivity contribution in [2.75, 3.05) is 13.2 Å². The Morgan fingerprint density at radius 2 is 1.48 bits per heavy atom. The molecule has 0 aromatic heterocycles. The van der Waals surface area contributed by atoms with Crippen LogP contribution in [-0.2, 0) is 4.74 Å². The van der Waals surface area contributed by atoms with Crippen LogP contribution in [0.25, 0.3) is 16.7 Å². The van der Waals surface area contributed by atoms with E-state index < -0.39 is 0 Å². The summed E-state index contributed by atoms with van der Waals surface area (Å²) in [5, 5.41) is 8.95. The van der Waals surface area contributed by atoms with Gasteiger partial charge in [-0.1, -0.05) is 75.1 Å². The number of halogens is 2. The maximum atomic E-state index is 14.5. The molecule has 0 radical (unpaired) electrons. The van der Waals surface area contributed by atoms with Crippen LogP contribution in [0.3, 0.4) is 0 Å². The minimum atomic E-state index is -0.377. The zero-order valence-electron chi connectivity index (χ0n) is 23.2. The maximum Gasteiger partial charge on any atom is 0.134 e. The Labute approximate surface area is 237 Å². The Kier molecular flexibility index (Phi) is 12.7. The highest BCUT2D eigenvalue weighted by atomic mass is 19.1. The number of unbranched alkanes of at least 4 members (excludes halogenated alkanes) is 6. The second kappa shape index (κ2) is 16.7. The minimum Gasteiger partial charge on any atom is -0.494 e. The van der Waals surface area contributed by atoms with Gasteiger partial charge in [0.25, 0.3) is 0 Å². The van der Waals surface area contributed by atoms with Crippen LogP contribution < -0.4 is 4.74 Å². The molecule has 0 N–H and O–H groups in total. The van der Waals surface area contributed by atoms with Crippen molar-refractivity contribution in [3.8, 4) is 22.9 Å². The van der Waals surface area contributed by atoms with Crippen LogP contribution in [0.15, 0.2) is 97.3 Å². The van der Waals surface area contributed by atoms with Gasteiger partial charge in [-0.3, -0.25) is 0 Å².